The number of carbonyl (C=O) groups is 1. The van der Waals surface area contributed by atoms with Crippen molar-refractivity contribution >= 4 is 5.78 Å². The Morgan fingerprint density at radius 2 is 1.94 bits per heavy atom. The first-order chi connectivity index (χ1) is 8.76. The van der Waals surface area contributed by atoms with Crippen LogP contribution in [0.3, 0.4) is 0 Å². The van der Waals surface area contributed by atoms with Crippen LogP contribution >= 0.6 is 0 Å². The van der Waals surface area contributed by atoms with Crippen molar-refractivity contribution < 1.29 is 14.3 Å². The number of hydrogen-bond acceptors (Lipinski definition) is 3. The summed E-state index contributed by atoms with van der Waals surface area (Å²) < 4.78 is 10.4. The molecule has 1 aromatic carbocycles. The molecule has 3 heteroatoms. The second kappa shape index (κ2) is 6.01. The van der Waals surface area contributed by atoms with E-state index in [0.29, 0.717) is 31.3 Å². The van der Waals surface area contributed by atoms with Crippen molar-refractivity contribution in [3.05, 3.63) is 29.8 Å². The minimum atomic E-state index is 0.227. The Hall–Kier alpha value is -1.35. The fourth-order valence-corrected chi connectivity index (χ4v) is 2.49. The van der Waals surface area contributed by atoms with Gasteiger partial charge in [0.25, 0.3) is 0 Å². The molecule has 1 aliphatic carbocycles. The van der Waals surface area contributed by atoms with E-state index >= 15 is 0 Å². The lowest BCUT2D eigenvalue weighted by Gasteiger charge is -2.34. The molecule has 0 aliphatic heterocycles. The predicted molar refractivity (Wildman–Crippen MR) is 70.0 cm³/mol. The molecule has 0 bridgehead atoms. The summed E-state index contributed by atoms with van der Waals surface area (Å²) in [5, 5.41) is 0. The molecule has 1 aliphatic rings. The molecular weight excluding hydrogens is 228 g/mol. The van der Waals surface area contributed by atoms with Crippen LogP contribution in [0.4, 0.5) is 0 Å². The maximum Gasteiger partial charge on any atom is 0.137 e. The highest BCUT2D eigenvalue weighted by atomic mass is 16.5. The number of hydrogen-bond donors (Lipinski definition) is 0. The number of benzene rings is 1. The molecular formula is C15H20O3. The van der Waals surface area contributed by atoms with E-state index in [0.717, 1.165) is 12.2 Å². The highest BCUT2D eigenvalue weighted by Crippen LogP contribution is 2.41. The minimum Gasteiger partial charge on any atom is -0.491 e. The quantitative estimate of drug-likeness (QED) is 0.726. The standard InChI is InChI=1S/C15H20O3/c1-3-13-14(10-15(13)16)11-4-6-12(7-5-11)18-9-8-17-2/h4-7,13-14H,3,8-10H2,1-2H3. The van der Waals surface area contributed by atoms with E-state index in [4.69, 9.17) is 9.47 Å². The van der Waals surface area contributed by atoms with Crippen LogP contribution < -0.4 is 4.74 Å². The van der Waals surface area contributed by atoms with Crippen molar-refractivity contribution in [3.8, 4) is 5.75 Å². The molecule has 1 saturated carbocycles. The highest BCUT2D eigenvalue weighted by Gasteiger charge is 2.38. The zero-order chi connectivity index (χ0) is 13.0. The molecule has 2 rings (SSSR count). The van der Waals surface area contributed by atoms with Crippen LogP contribution in [0.5, 0.6) is 5.75 Å². The van der Waals surface area contributed by atoms with Gasteiger partial charge in [0.05, 0.1) is 6.61 Å². The average molecular weight is 248 g/mol. The van der Waals surface area contributed by atoms with Gasteiger partial charge in [-0.05, 0) is 24.1 Å². The fourth-order valence-electron chi connectivity index (χ4n) is 2.49. The van der Waals surface area contributed by atoms with Gasteiger partial charge in [-0.25, -0.2) is 0 Å². The van der Waals surface area contributed by atoms with Crippen molar-refractivity contribution in [2.45, 2.75) is 25.7 Å². The first kappa shape index (κ1) is 13.1. The molecule has 98 valence electrons. The molecule has 0 aromatic heterocycles. The van der Waals surface area contributed by atoms with Crippen molar-refractivity contribution in [1.29, 1.82) is 0 Å². The van der Waals surface area contributed by atoms with Crippen LogP contribution in [-0.2, 0) is 9.53 Å². The number of ether oxygens (including phenoxy) is 2. The summed E-state index contributed by atoms with van der Waals surface area (Å²) in [6.07, 6.45) is 1.64. The van der Waals surface area contributed by atoms with Gasteiger partial charge in [0.15, 0.2) is 0 Å². The summed E-state index contributed by atoms with van der Waals surface area (Å²) >= 11 is 0. The minimum absolute atomic E-state index is 0.227. The Morgan fingerprint density at radius 3 is 2.50 bits per heavy atom. The molecule has 0 saturated heterocycles. The van der Waals surface area contributed by atoms with Gasteiger partial charge in [0.1, 0.15) is 18.1 Å². The summed E-state index contributed by atoms with van der Waals surface area (Å²) in [4.78, 5) is 11.4. The molecule has 0 amide bonds. The van der Waals surface area contributed by atoms with Crippen molar-refractivity contribution in [3.63, 3.8) is 0 Å². The molecule has 3 nitrogen and oxygen atoms in total. The monoisotopic (exact) mass is 248 g/mol. The lowest BCUT2D eigenvalue weighted by Crippen LogP contribution is -2.34. The summed E-state index contributed by atoms with van der Waals surface area (Å²) in [5.74, 6) is 1.90. The number of rotatable bonds is 6. The third-order valence-electron chi connectivity index (χ3n) is 3.62. The van der Waals surface area contributed by atoms with Crippen LogP contribution in [0.2, 0.25) is 0 Å². The maximum absolute atomic E-state index is 11.4. The van der Waals surface area contributed by atoms with Gasteiger partial charge in [-0.1, -0.05) is 19.1 Å². The Bertz CT molecular complexity index is 397. The van der Waals surface area contributed by atoms with Gasteiger partial charge in [-0.15, -0.1) is 0 Å². The molecule has 0 radical (unpaired) electrons. The maximum atomic E-state index is 11.4. The SMILES string of the molecule is CCC1C(=O)CC1c1ccc(OCCOC)cc1. The molecule has 18 heavy (non-hydrogen) atoms. The van der Waals surface area contributed by atoms with Crippen molar-refractivity contribution in [2.24, 2.45) is 5.92 Å². The summed E-state index contributed by atoms with van der Waals surface area (Å²) in [6, 6.07) is 8.09. The second-order valence-electron chi connectivity index (χ2n) is 4.70. The molecule has 1 aromatic rings. The summed E-state index contributed by atoms with van der Waals surface area (Å²) in [7, 11) is 1.66. The van der Waals surface area contributed by atoms with E-state index in [2.05, 4.69) is 19.1 Å². The van der Waals surface area contributed by atoms with Crippen LogP contribution in [0.1, 0.15) is 31.2 Å². The van der Waals surface area contributed by atoms with E-state index in [1.165, 1.54) is 5.56 Å². The largest absolute Gasteiger partial charge is 0.491 e. The Labute approximate surface area is 108 Å². The van der Waals surface area contributed by atoms with Crippen molar-refractivity contribution in [1.82, 2.24) is 0 Å². The molecule has 0 heterocycles. The van der Waals surface area contributed by atoms with E-state index < -0.39 is 0 Å². The van der Waals surface area contributed by atoms with Gasteiger partial charge in [-0.3, -0.25) is 4.79 Å². The van der Waals surface area contributed by atoms with Crippen LogP contribution in [0.25, 0.3) is 0 Å². The molecule has 2 unspecified atom stereocenters. The smallest absolute Gasteiger partial charge is 0.137 e. The Balaban J connectivity index is 1.93. The Morgan fingerprint density at radius 1 is 1.22 bits per heavy atom. The summed E-state index contributed by atoms with van der Waals surface area (Å²) in [5.41, 5.74) is 1.25. The number of ketones is 1. The lowest BCUT2D eigenvalue weighted by atomic mass is 9.68. The van der Waals surface area contributed by atoms with Crippen LogP contribution in [0, 0.1) is 5.92 Å². The normalized spacial score (nSPS) is 22.7. The third kappa shape index (κ3) is 2.72. The highest BCUT2D eigenvalue weighted by molar-refractivity contribution is 5.89. The fraction of sp³-hybridized carbons (Fsp3) is 0.533. The van der Waals surface area contributed by atoms with Gasteiger partial charge in [0, 0.05) is 25.4 Å². The molecule has 2 atom stereocenters. The zero-order valence-corrected chi connectivity index (χ0v) is 11.0. The number of Topliss-reactive ketones (excluding diaryl/α,β-unsaturated/α-hetero) is 1. The predicted octanol–water partition coefficient (Wildman–Crippen LogP) is 2.79. The van der Waals surface area contributed by atoms with Crippen LogP contribution in [0.15, 0.2) is 24.3 Å². The molecule has 1 fully saturated rings. The van der Waals surface area contributed by atoms with Gasteiger partial charge in [0.2, 0.25) is 0 Å². The van der Waals surface area contributed by atoms with E-state index in [9.17, 15) is 4.79 Å². The van der Waals surface area contributed by atoms with Crippen LogP contribution in [-0.4, -0.2) is 26.1 Å². The number of carbonyl (C=O) groups excluding carboxylic acids is 1. The number of methoxy groups -OCH3 is 1. The second-order valence-corrected chi connectivity index (χ2v) is 4.70. The van der Waals surface area contributed by atoms with E-state index in [-0.39, 0.29) is 5.92 Å². The van der Waals surface area contributed by atoms with Gasteiger partial charge >= 0.3 is 0 Å². The first-order valence-corrected chi connectivity index (χ1v) is 6.50. The Kier molecular flexibility index (Phi) is 4.37. The zero-order valence-electron chi connectivity index (χ0n) is 11.0. The van der Waals surface area contributed by atoms with E-state index in [1.807, 2.05) is 12.1 Å². The van der Waals surface area contributed by atoms with Crippen molar-refractivity contribution in [2.75, 3.05) is 20.3 Å². The van der Waals surface area contributed by atoms with E-state index in [1.54, 1.807) is 7.11 Å². The average Bonchev–Trinajstić information content (AvgIpc) is 2.38. The summed E-state index contributed by atoms with van der Waals surface area (Å²) in [6.45, 7) is 3.24. The third-order valence-corrected chi connectivity index (χ3v) is 3.62. The van der Waals surface area contributed by atoms with Gasteiger partial charge < -0.3 is 9.47 Å². The van der Waals surface area contributed by atoms with Gasteiger partial charge in [-0.2, -0.15) is 0 Å². The molecule has 0 N–H and O–H groups in total. The topological polar surface area (TPSA) is 35.5 Å². The first-order valence-electron chi connectivity index (χ1n) is 6.50. The lowest BCUT2D eigenvalue weighted by molar-refractivity contribution is -0.131. The molecule has 0 spiro atoms.